The van der Waals surface area contributed by atoms with Crippen molar-refractivity contribution in [3.05, 3.63) is 0 Å². The van der Waals surface area contributed by atoms with E-state index < -0.39 is 11.1 Å². The summed E-state index contributed by atoms with van der Waals surface area (Å²) in [6, 6.07) is 0. The van der Waals surface area contributed by atoms with Gasteiger partial charge >= 0.3 is 29.6 Å². The van der Waals surface area contributed by atoms with Crippen LogP contribution in [0.15, 0.2) is 0 Å². The minimum atomic E-state index is -1.81. The van der Waals surface area contributed by atoms with Crippen molar-refractivity contribution in [2.24, 2.45) is 11.3 Å². The zero-order valence-corrected chi connectivity index (χ0v) is 10.4. The van der Waals surface area contributed by atoms with Crippen LogP contribution in [0.2, 0.25) is 0 Å². The number of hydrogen-bond donors (Lipinski definition) is 0. The molecule has 0 aromatic carbocycles. The fourth-order valence-electron chi connectivity index (χ4n) is 2.56. The second-order valence-electron chi connectivity index (χ2n) is 4.10. The molecule has 0 aromatic rings. The molecule has 1 unspecified atom stereocenters. The normalized spacial score (nSPS) is 28.4. The van der Waals surface area contributed by atoms with E-state index in [1.807, 2.05) is 0 Å². The smallest absolute Gasteiger partial charge is 0.772 e. The standard InChI is InChI=1S/C8H14O2S.Na/c9-11(10)6-7-4-8(5-7)2-1-3-8;/h7H,1-6H2,(H,9,10);/q;+1/p-1. The Morgan fingerprint density at radius 1 is 1.42 bits per heavy atom. The minimum Gasteiger partial charge on any atom is -0.772 e. The molecule has 2 nitrogen and oxygen atoms in total. The van der Waals surface area contributed by atoms with Crippen LogP contribution in [0.4, 0.5) is 0 Å². The summed E-state index contributed by atoms with van der Waals surface area (Å²) in [5.41, 5.74) is 0.629. The second kappa shape index (κ2) is 4.09. The molecule has 2 saturated carbocycles. The SMILES string of the molecule is O=S([O-])CC1CC2(CCC2)C1.[Na+]. The van der Waals surface area contributed by atoms with Crippen LogP contribution in [0, 0.1) is 11.3 Å². The van der Waals surface area contributed by atoms with Gasteiger partial charge in [0.2, 0.25) is 0 Å². The van der Waals surface area contributed by atoms with Crippen molar-refractivity contribution in [3.63, 3.8) is 0 Å². The monoisotopic (exact) mass is 196 g/mol. The summed E-state index contributed by atoms with van der Waals surface area (Å²) in [6.45, 7) is 0. The maximum atomic E-state index is 10.3. The molecular formula is C8H13NaO2S. The van der Waals surface area contributed by atoms with Gasteiger partial charge in [0.15, 0.2) is 0 Å². The molecule has 0 bridgehead atoms. The van der Waals surface area contributed by atoms with E-state index in [0.29, 0.717) is 17.1 Å². The van der Waals surface area contributed by atoms with Crippen molar-refractivity contribution in [3.8, 4) is 0 Å². The molecule has 0 radical (unpaired) electrons. The average Bonchev–Trinajstić information content (AvgIpc) is 1.71. The Balaban J connectivity index is 0.000000720. The zero-order valence-electron chi connectivity index (χ0n) is 7.54. The first-order valence-electron chi connectivity index (χ1n) is 4.26. The minimum absolute atomic E-state index is 0. The van der Waals surface area contributed by atoms with Crippen LogP contribution in [-0.2, 0) is 11.1 Å². The van der Waals surface area contributed by atoms with Crippen molar-refractivity contribution >= 4 is 11.1 Å². The van der Waals surface area contributed by atoms with E-state index in [1.165, 1.54) is 32.1 Å². The van der Waals surface area contributed by atoms with E-state index in [-0.39, 0.29) is 29.6 Å². The summed E-state index contributed by atoms with van der Waals surface area (Å²) in [5.74, 6) is 0.899. The molecule has 2 aliphatic rings. The van der Waals surface area contributed by atoms with Crippen LogP contribution in [0.5, 0.6) is 0 Å². The first-order valence-corrected chi connectivity index (χ1v) is 5.50. The van der Waals surface area contributed by atoms with E-state index in [2.05, 4.69) is 0 Å². The molecule has 0 saturated heterocycles. The van der Waals surface area contributed by atoms with Gasteiger partial charge in [0.05, 0.1) is 0 Å². The predicted octanol–water partition coefficient (Wildman–Crippen LogP) is -1.55. The first kappa shape index (κ1) is 11.2. The fraction of sp³-hybridized carbons (Fsp3) is 1.00. The van der Waals surface area contributed by atoms with Gasteiger partial charge in [-0.2, -0.15) is 0 Å². The van der Waals surface area contributed by atoms with E-state index >= 15 is 0 Å². The first-order chi connectivity index (χ1) is 5.20. The molecule has 0 N–H and O–H groups in total. The molecule has 0 amide bonds. The van der Waals surface area contributed by atoms with Gasteiger partial charge in [-0.25, -0.2) is 0 Å². The third kappa shape index (κ3) is 2.13. The van der Waals surface area contributed by atoms with Gasteiger partial charge in [-0.1, -0.05) is 17.5 Å². The molecule has 0 heterocycles. The molecular weight excluding hydrogens is 183 g/mol. The van der Waals surface area contributed by atoms with Crippen LogP contribution in [-0.4, -0.2) is 14.5 Å². The summed E-state index contributed by atoms with van der Waals surface area (Å²) in [6.07, 6.45) is 6.44. The molecule has 0 aromatic heterocycles. The van der Waals surface area contributed by atoms with Gasteiger partial charge in [-0.15, -0.1) is 0 Å². The fourth-order valence-corrected chi connectivity index (χ4v) is 3.18. The van der Waals surface area contributed by atoms with Crippen LogP contribution in [0.1, 0.15) is 32.1 Å². The summed E-state index contributed by atoms with van der Waals surface area (Å²) in [5, 5.41) is 0. The van der Waals surface area contributed by atoms with Gasteiger partial charge in [-0.05, 0) is 37.0 Å². The Morgan fingerprint density at radius 2 is 2.00 bits per heavy atom. The van der Waals surface area contributed by atoms with Gasteiger partial charge in [0.25, 0.3) is 0 Å². The van der Waals surface area contributed by atoms with Crippen molar-refractivity contribution in [2.75, 3.05) is 5.75 Å². The van der Waals surface area contributed by atoms with Gasteiger partial charge < -0.3 is 4.55 Å². The topological polar surface area (TPSA) is 40.1 Å². The van der Waals surface area contributed by atoms with Crippen LogP contribution in [0.25, 0.3) is 0 Å². The molecule has 0 aliphatic heterocycles. The third-order valence-electron chi connectivity index (χ3n) is 3.23. The molecule has 1 atom stereocenters. The quantitative estimate of drug-likeness (QED) is 0.396. The maximum absolute atomic E-state index is 10.3. The van der Waals surface area contributed by atoms with Crippen molar-refractivity contribution in [2.45, 2.75) is 32.1 Å². The Morgan fingerprint density at radius 3 is 2.33 bits per heavy atom. The molecule has 4 heteroatoms. The van der Waals surface area contributed by atoms with Gasteiger partial charge in [0, 0.05) is 5.75 Å². The van der Waals surface area contributed by atoms with Crippen molar-refractivity contribution < 1.29 is 38.3 Å². The zero-order chi connectivity index (χ0) is 7.90. The summed E-state index contributed by atoms with van der Waals surface area (Å²) < 4.78 is 20.6. The molecule has 64 valence electrons. The van der Waals surface area contributed by atoms with Gasteiger partial charge in [-0.3, -0.25) is 4.21 Å². The average molecular weight is 196 g/mol. The van der Waals surface area contributed by atoms with E-state index in [4.69, 9.17) is 0 Å². The van der Waals surface area contributed by atoms with Gasteiger partial charge in [0.1, 0.15) is 0 Å². The third-order valence-corrected chi connectivity index (χ3v) is 3.97. The second-order valence-corrected chi connectivity index (χ2v) is 5.04. The Bertz CT molecular complexity index is 183. The van der Waals surface area contributed by atoms with Crippen molar-refractivity contribution in [1.29, 1.82) is 0 Å². The van der Waals surface area contributed by atoms with Crippen molar-refractivity contribution in [1.82, 2.24) is 0 Å². The Kier molecular flexibility index (Phi) is 3.82. The summed E-state index contributed by atoms with van der Waals surface area (Å²) in [7, 11) is 0. The summed E-state index contributed by atoms with van der Waals surface area (Å²) >= 11 is -1.81. The molecule has 2 aliphatic carbocycles. The number of hydrogen-bond acceptors (Lipinski definition) is 2. The number of rotatable bonds is 2. The molecule has 12 heavy (non-hydrogen) atoms. The molecule has 2 rings (SSSR count). The van der Waals surface area contributed by atoms with Crippen LogP contribution >= 0.6 is 0 Å². The van der Waals surface area contributed by atoms with E-state index in [0.717, 1.165) is 0 Å². The summed E-state index contributed by atoms with van der Waals surface area (Å²) in [4.78, 5) is 0. The largest absolute Gasteiger partial charge is 1.00 e. The van der Waals surface area contributed by atoms with E-state index in [9.17, 15) is 8.76 Å². The molecule has 1 spiro atoms. The molecule has 2 fully saturated rings. The van der Waals surface area contributed by atoms with E-state index in [1.54, 1.807) is 0 Å². The Hall–Kier alpha value is 1.11. The maximum Gasteiger partial charge on any atom is 1.00 e. The van der Waals surface area contributed by atoms with Crippen LogP contribution < -0.4 is 29.6 Å². The Labute approximate surface area is 98.1 Å². The van der Waals surface area contributed by atoms with Crippen LogP contribution in [0.3, 0.4) is 0 Å². The predicted molar refractivity (Wildman–Crippen MR) is 42.8 cm³/mol.